The monoisotopic (exact) mass is 820 g/mol. The number of aliphatic carboxylic acids is 2. The Balaban J connectivity index is 1.28. The Kier molecular flexibility index (Phi) is 14.9. The van der Waals surface area contributed by atoms with Gasteiger partial charge in [-0.05, 0) is 38.0 Å². The maximum atomic E-state index is 12.6. The first kappa shape index (κ1) is 44.4. The number of benzene rings is 1. The van der Waals surface area contributed by atoms with Crippen LogP contribution in [0.1, 0.15) is 32.3 Å². The minimum Gasteiger partial charge on any atom is -0.481 e. The summed E-state index contributed by atoms with van der Waals surface area (Å²) in [6.07, 6.45) is -18.7. The smallest absolute Gasteiger partial charge is 0.473 e. The van der Waals surface area contributed by atoms with Crippen molar-refractivity contribution in [3.8, 4) is 0 Å². The van der Waals surface area contributed by atoms with E-state index in [-0.39, 0.29) is 29.9 Å². The lowest BCUT2D eigenvalue weighted by Gasteiger charge is -2.42. The number of ether oxygens (including phenoxy) is 2. The topological polar surface area (TPSA) is 386 Å². The maximum Gasteiger partial charge on any atom is 0.473 e. The third-order valence-corrected chi connectivity index (χ3v) is 9.97. The van der Waals surface area contributed by atoms with E-state index in [1.54, 1.807) is 38.1 Å². The Hall–Kier alpha value is -4.30. The zero-order chi connectivity index (χ0) is 41.6. The minimum atomic E-state index is -5.18. The normalized spacial score (nSPS) is 26.4. The number of hydrogen-bond donors (Lipinski definition) is 13. The summed E-state index contributed by atoms with van der Waals surface area (Å²) in [6.45, 7) is 2.60. The number of carboxylic acid groups (broad SMARTS) is 2. The van der Waals surface area contributed by atoms with E-state index in [1.807, 2.05) is 0 Å². The fraction of sp³-hybridized carbons (Fsp3) is 0.581. The minimum absolute atomic E-state index is 0.0129. The quantitative estimate of drug-likeness (QED) is 0.0356. The standard InChI is InChI=1S/C31H45N6O18P/c1-12(20-13(2)34-26-21(37(20)11-38)27(46)36-31(32)35-26)33-15-5-3-14(4-6-15)9-16(39)22(42)24(44)29(49)54-30-25(45)23(43)18(53-30)10-52-56(50,51)55-17(28(47)48)7-8-19(40)41/h3-6,11-13,16-18,20,22-25,29-30,33,39,42-45,49H,7-10H2,1-2H3,(H,40,41)(H,47,48)(H,50,51)(H4,32,34,35,36,46)/t12?,13?,16?,17?,18-,20?,22?,23-,24?,25-,29?,30-/m1/s1. The predicted molar refractivity (Wildman–Crippen MR) is 189 cm³/mol. The number of amides is 1. The molecule has 14 N–H and O–H groups in total. The lowest BCUT2D eigenvalue weighted by molar-refractivity contribution is -0.281. The molecule has 0 radical (unpaired) electrons. The molecule has 1 fully saturated rings. The summed E-state index contributed by atoms with van der Waals surface area (Å²) in [5.41, 5.74) is 6.12. The summed E-state index contributed by atoms with van der Waals surface area (Å²) in [7, 11) is -5.18. The largest absolute Gasteiger partial charge is 0.481 e. The van der Waals surface area contributed by atoms with Crippen molar-refractivity contribution in [1.82, 2.24) is 9.97 Å². The van der Waals surface area contributed by atoms with E-state index in [1.165, 1.54) is 4.90 Å². The van der Waals surface area contributed by atoms with Gasteiger partial charge in [-0.3, -0.25) is 33.3 Å². The number of hydrogen-bond acceptors (Lipinski definition) is 19. The number of carbonyl (C=O) groups excluding carboxylic acids is 1. The molecule has 312 valence electrons. The summed E-state index contributed by atoms with van der Waals surface area (Å²) in [5.74, 6) is -3.09. The van der Waals surface area contributed by atoms with Gasteiger partial charge in [-0.25, -0.2) is 9.36 Å². The number of H-pyrrole nitrogens is 1. The lowest BCUT2D eigenvalue weighted by Crippen LogP contribution is -2.58. The van der Waals surface area contributed by atoms with Crippen molar-refractivity contribution < 1.29 is 83.2 Å². The van der Waals surface area contributed by atoms with Crippen LogP contribution in [0.5, 0.6) is 0 Å². The molecule has 13 atom stereocenters. The van der Waals surface area contributed by atoms with Gasteiger partial charge in [-0.1, -0.05) is 12.1 Å². The first-order chi connectivity index (χ1) is 26.2. The van der Waals surface area contributed by atoms with E-state index in [4.69, 9.17) is 25.4 Å². The van der Waals surface area contributed by atoms with Gasteiger partial charge in [0.15, 0.2) is 30.2 Å². The number of aliphatic hydroxyl groups is 6. The molecule has 1 aromatic heterocycles. The van der Waals surface area contributed by atoms with Crippen LogP contribution < -0.4 is 26.8 Å². The number of phosphoric ester groups is 1. The molecule has 3 heterocycles. The van der Waals surface area contributed by atoms with Gasteiger partial charge in [0.05, 0.1) is 18.8 Å². The van der Waals surface area contributed by atoms with Crippen LogP contribution in [0.3, 0.4) is 0 Å². The molecule has 24 nitrogen and oxygen atoms in total. The van der Waals surface area contributed by atoms with E-state index in [9.17, 15) is 59.3 Å². The number of carbonyl (C=O) groups is 3. The van der Waals surface area contributed by atoms with Crippen LogP contribution >= 0.6 is 7.82 Å². The lowest BCUT2D eigenvalue weighted by atomic mass is 9.97. The summed E-state index contributed by atoms with van der Waals surface area (Å²) in [4.78, 5) is 64.3. The molecule has 25 heteroatoms. The number of nitrogens with two attached hydrogens (primary N) is 1. The molecular formula is C31H45N6O18P. The van der Waals surface area contributed by atoms with Crippen LogP contribution in [-0.2, 0) is 43.9 Å². The fourth-order valence-electron chi connectivity index (χ4n) is 6.17. The molecule has 56 heavy (non-hydrogen) atoms. The Labute approximate surface area is 317 Å². The van der Waals surface area contributed by atoms with E-state index in [0.717, 1.165) is 0 Å². The summed E-state index contributed by atoms with van der Waals surface area (Å²) in [5, 5.41) is 86.9. The second-order valence-electron chi connectivity index (χ2n) is 13.1. The second-order valence-corrected chi connectivity index (χ2v) is 14.6. The number of nitrogen functional groups attached to an aromatic ring is 1. The number of carboxylic acids is 2. The average molecular weight is 821 g/mol. The molecule has 0 bridgehead atoms. The number of fused-ring (bicyclic) bond motifs is 1. The zero-order valence-corrected chi connectivity index (χ0v) is 30.7. The molecule has 2 aliphatic heterocycles. The molecule has 0 aliphatic carbocycles. The molecular weight excluding hydrogens is 775 g/mol. The van der Waals surface area contributed by atoms with Gasteiger partial charge in [0.2, 0.25) is 12.4 Å². The fourth-order valence-corrected chi connectivity index (χ4v) is 7.09. The van der Waals surface area contributed by atoms with Crippen molar-refractivity contribution in [2.75, 3.05) is 27.9 Å². The Morgan fingerprint density at radius 2 is 1.79 bits per heavy atom. The molecule has 1 saturated heterocycles. The van der Waals surface area contributed by atoms with Gasteiger partial charge in [0, 0.05) is 30.6 Å². The van der Waals surface area contributed by atoms with Gasteiger partial charge in [0.25, 0.3) is 5.56 Å². The highest BCUT2D eigenvalue weighted by atomic mass is 31.2. The summed E-state index contributed by atoms with van der Waals surface area (Å²) in [6, 6.07) is 5.14. The van der Waals surface area contributed by atoms with Gasteiger partial charge < -0.3 is 71.6 Å². The second kappa shape index (κ2) is 18.8. The van der Waals surface area contributed by atoms with Crippen LogP contribution in [0.15, 0.2) is 29.1 Å². The Morgan fingerprint density at radius 1 is 1.12 bits per heavy atom. The molecule has 9 unspecified atom stereocenters. The highest BCUT2D eigenvalue weighted by molar-refractivity contribution is 7.47. The summed E-state index contributed by atoms with van der Waals surface area (Å²) < 4.78 is 31.6. The molecule has 1 aromatic carbocycles. The predicted octanol–water partition coefficient (Wildman–Crippen LogP) is -3.14. The number of rotatable bonds is 20. The van der Waals surface area contributed by atoms with Crippen molar-refractivity contribution in [3.05, 3.63) is 40.2 Å². The van der Waals surface area contributed by atoms with Crippen molar-refractivity contribution >= 4 is 49.3 Å². The Bertz CT molecular complexity index is 1790. The maximum absolute atomic E-state index is 12.6. The zero-order valence-electron chi connectivity index (χ0n) is 29.8. The number of aromatic amines is 1. The third-order valence-electron chi connectivity index (χ3n) is 8.97. The van der Waals surface area contributed by atoms with Crippen LogP contribution in [0.2, 0.25) is 0 Å². The van der Waals surface area contributed by atoms with Crippen molar-refractivity contribution in [1.29, 1.82) is 0 Å². The number of phosphoric acid groups is 1. The molecule has 2 aromatic rings. The molecule has 0 spiro atoms. The van der Waals surface area contributed by atoms with Crippen molar-refractivity contribution in [3.63, 3.8) is 0 Å². The van der Waals surface area contributed by atoms with Gasteiger partial charge in [-0.15, -0.1) is 0 Å². The van der Waals surface area contributed by atoms with Crippen LogP contribution in [0, 0.1) is 0 Å². The SMILES string of the molecule is CC(Nc1ccc(CC(O)C(O)C(O)C(O)O[C@H]2O[C@H](COP(=O)(O)OC(CCC(=O)O)C(=O)O)[C@@H](O)[C@H]2O)cc1)C1C(C)Nc2nc(N)[nH]c(=O)c2N1C=O. The average Bonchev–Trinajstić information content (AvgIpc) is 3.39. The van der Waals surface area contributed by atoms with Crippen molar-refractivity contribution in [2.24, 2.45) is 0 Å². The highest BCUT2D eigenvalue weighted by Gasteiger charge is 2.47. The molecule has 1 amide bonds. The van der Waals surface area contributed by atoms with Gasteiger partial charge in [0.1, 0.15) is 30.5 Å². The van der Waals surface area contributed by atoms with E-state index < -0.39 is 112 Å². The van der Waals surface area contributed by atoms with Crippen molar-refractivity contribution in [2.45, 2.75) is 107 Å². The molecule has 0 saturated carbocycles. The molecule has 4 rings (SSSR count). The van der Waals surface area contributed by atoms with Gasteiger partial charge in [-0.2, -0.15) is 4.98 Å². The summed E-state index contributed by atoms with van der Waals surface area (Å²) >= 11 is 0. The molecule has 2 aliphatic rings. The van der Waals surface area contributed by atoms with Crippen LogP contribution in [0.4, 0.5) is 23.1 Å². The Morgan fingerprint density at radius 3 is 2.39 bits per heavy atom. The van der Waals surface area contributed by atoms with E-state index >= 15 is 0 Å². The first-order valence-corrected chi connectivity index (χ1v) is 18.5. The number of aromatic nitrogens is 2. The van der Waals surface area contributed by atoms with Gasteiger partial charge >= 0.3 is 19.8 Å². The third kappa shape index (κ3) is 11.0. The van der Waals surface area contributed by atoms with E-state index in [2.05, 4.69) is 29.6 Å². The van der Waals surface area contributed by atoms with Crippen LogP contribution in [-0.4, -0.2) is 154 Å². The van der Waals surface area contributed by atoms with E-state index in [0.29, 0.717) is 17.7 Å². The first-order valence-electron chi connectivity index (χ1n) is 17.0. The van der Waals surface area contributed by atoms with Crippen LogP contribution in [0.25, 0.3) is 0 Å². The highest BCUT2D eigenvalue weighted by Crippen LogP contribution is 2.46. The number of nitrogens with zero attached hydrogens (tertiary/aromatic N) is 2. The number of nitrogens with one attached hydrogen (secondary N) is 3. The number of aliphatic hydroxyl groups excluding tert-OH is 6. The number of anilines is 4.